The van der Waals surface area contributed by atoms with Gasteiger partial charge in [-0.2, -0.15) is 4.31 Å². The van der Waals surface area contributed by atoms with E-state index in [4.69, 9.17) is 4.74 Å². The quantitative estimate of drug-likeness (QED) is 0.565. The molecule has 3 atom stereocenters. The largest absolute Gasteiger partial charge is 0.376 e. The van der Waals surface area contributed by atoms with Gasteiger partial charge in [0.2, 0.25) is 10.0 Å². The molecule has 0 unspecified atom stereocenters. The molecule has 2 aromatic rings. The molecule has 0 amide bonds. The Morgan fingerprint density at radius 3 is 2.43 bits per heavy atom. The summed E-state index contributed by atoms with van der Waals surface area (Å²) in [6.07, 6.45) is 2.77. The van der Waals surface area contributed by atoms with E-state index in [2.05, 4.69) is 6.58 Å². The molecule has 5 nitrogen and oxygen atoms in total. The Morgan fingerprint density at radius 2 is 1.83 bits per heavy atom. The summed E-state index contributed by atoms with van der Waals surface area (Å²) in [4.78, 5) is 12.8. The van der Waals surface area contributed by atoms with E-state index >= 15 is 0 Å². The average molecular weight is 428 g/mol. The second kappa shape index (κ2) is 9.69. The SMILES string of the molecule is C=CC[C@H]1C[C@H](COCc2ccccc2)[C@@H](C(C)=O)N1S(=O)(=O)c1ccc(C)cc1. The summed E-state index contributed by atoms with van der Waals surface area (Å²) >= 11 is 0. The van der Waals surface area contributed by atoms with Crippen LogP contribution in [0.25, 0.3) is 0 Å². The summed E-state index contributed by atoms with van der Waals surface area (Å²) in [5.41, 5.74) is 2.02. The number of carbonyl (C=O) groups excluding carboxylic acids is 1. The fourth-order valence-corrected chi connectivity index (χ4v) is 6.07. The van der Waals surface area contributed by atoms with Crippen LogP contribution in [0.4, 0.5) is 0 Å². The zero-order valence-electron chi connectivity index (χ0n) is 17.5. The van der Waals surface area contributed by atoms with Gasteiger partial charge < -0.3 is 4.74 Å². The molecule has 0 radical (unpaired) electrons. The molecule has 0 saturated carbocycles. The zero-order chi connectivity index (χ0) is 21.7. The summed E-state index contributed by atoms with van der Waals surface area (Å²) in [5.74, 6) is -0.359. The van der Waals surface area contributed by atoms with Crippen LogP contribution in [0.3, 0.4) is 0 Å². The van der Waals surface area contributed by atoms with Gasteiger partial charge in [0, 0.05) is 12.0 Å². The summed E-state index contributed by atoms with van der Waals surface area (Å²) in [6, 6.07) is 15.5. The van der Waals surface area contributed by atoms with Gasteiger partial charge in [0.05, 0.1) is 24.2 Å². The van der Waals surface area contributed by atoms with E-state index in [1.54, 1.807) is 30.3 Å². The second-order valence-electron chi connectivity index (χ2n) is 7.88. The van der Waals surface area contributed by atoms with Crippen LogP contribution < -0.4 is 0 Å². The van der Waals surface area contributed by atoms with Crippen molar-refractivity contribution in [3.8, 4) is 0 Å². The van der Waals surface area contributed by atoms with Gasteiger partial charge >= 0.3 is 0 Å². The Kier molecular flexibility index (Phi) is 7.23. The molecule has 0 N–H and O–H groups in total. The Hall–Kier alpha value is -2.28. The lowest BCUT2D eigenvalue weighted by Crippen LogP contribution is -2.46. The van der Waals surface area contributed by atoms with E-state index < -0.39 is 16.1 Å². The molecule has 3 rings (SSSR count). The first-order valence-electron chi connectivity index (χ1n) is 10.2. The van der Waals surface area contributed by atoms with Gasteiger partial charge in [-0.3, -0.25) is 4.79 Å². The predicted octanol–water partition coefficient (Wildman–Crippen LogP) is 4.12. The van der Waals surface area contributed by atoms with Crippen molar-refractivity contribution in [3.05, 3.63) is 78.4 Å². The first kappa shape index (κ1) is 22.4. The first-order chi connectivity index (χ1) is 14.3. The molecule has 2 aromatic carbocycles. The highest BCUT2D eigenvalue weighted by Crippen LogP contribution is 2.37. The zero-order valence-corrected chi connectivity index (χ0v) is 18.3. The van der Waals surface area contributed by atoms with Crippen molar-refractivity contribution in [3.63, 3.8) is 0 Å². The molecule has 0 aliphatic carbocycles. The van der Waals surface area contributed by atoms with Crippen molar-refractivity contribution >= 4 is 15.8 Å². The van der Waals surface area contributed by atoms with E-state index in [0.29, 0.717) is 26.1 Å². The van der Waals surface area contributed by atoms with Gasteiger partial charge in [-0.1, -0.05) is 54.1 Å². The van der Waals surface area contributed by atoms with Crippen LogP contribution in [0.2, 0.25) is 0 Å². The number of aryl methyl sites for hydroxylation is 1. The molecule has 0 spiro atoms. The molecule has 0 aromatic heterocycles. The molecule has 1 saturated heterocycles. The van der Waals surface area contributed by atoms with Crippen LogP contribution in [0, 0.1) is 12.8 Å². The number of ether oxygens (including phenoxy) is 1. The molecule has 1 aliphatic rings. The van der Waals surface area contributed by atoms with Crippen molar-refractivity contribution in [2.45, 2.75) is 50.3 Å². The average Bonchev–Trinajstić information content (AvgIpc) is 3.09. The molecule has 30 heavy (non-hydrogen) atoms. The van der Waals surface area contributed by atoms with Crippen molar-refractivity contribution in [1.29, 1.82) is 0 Å². The van der Waals surface area contributed by atoms with Crippen LogP contribution >= 0.6 is 0 Å². The van der Waals surface area contributed by atoms with E-state index in [9.17, 15) is 13.2 Å². The number of hydrogen-bond acceptors (Lipinski definition) is 4. The van der Waals surface area contributed by atoms with Crippen LogP contribution in [-0.4, -0.2) is 37.2 Å². The van der Waals surface area contributed by atoms with E-state index in [1.165, 1.54) is 11.2 Å². The summed E-state index contributed by atoms with van der Waals surface area (Å²) in [5, 5.41) is 0. The fourth-order valence-electron chi connectivity index (χ4n) is 4.16. The number of ketones is 1. The summed E-state index contributed by atoms with van der Waals surface area (Å²) < 4.78 is 34.3. The van der Waals surface area contributed by atoms with Crippen LogP contribution in [0.15, 0.2) is 72.1 Å². The monoisotopic (exact) mass is 427 g/mol. The minimum Gasteiger partial charge on any atom is -0.376 e. The fraction of sp³-hybridized carbons (Fsp3) is 0.375. The highest BCUT2D eigenvalue weighted by Gasteiger charge is 2.49. The number of sulfonamides is 1. The normalized spacial score (nSPS) is 22.1. The van der Waals surface area contributed by atoms with E-state index in [-0.39, 0.29) is 22.6 Å². The Bertz CT molecular complexity index is 970. The topological polar surface area (TPSA) is 63.7 Å². The molecule has 6 heteroatoms. The predicted molar refractivity (Wildman–Crippen MR) is 117 cm³/mol. The smallest absolute Gasteiger partial charge is 0.244 e. The molecule has 1 heterocycles. The number of benzene rings is 2. The second-order valence-corrected chi connectivity index (χ2v) is 9.72. The molecule has 1 fully saturated rings. The highest BCUT2D eigenvalue weighted by atomic mass is 32.2. The van der Waals surface area contributed by atoms with Crippen molar-refractivity contribution in [2.75, 3.05) is 6.61 Å². The van der Waals surface area contributed by atoms with E-state index in [0.717, 1.165) is 11.1 Å². The Balaban J connectivity index is 1.85. The lowest BCUT2D eigenvalue weighted by atomic mass is 9.97. The summed E-state index contributed by atoms with van der Waals surface area (Å²) in [6.45, 7) is 7.91. The number of nitrogens with zero attached hydrogens (tertiary/aromatic N) is 1. The number of Topliss-reactive ketones (excluding diaryl/α,β-unsaturated/α-hetero) is 1. The standard InChI is InChI=1S/C24H29NO4S/c1-4-8-22-15-21(17-29-16-20-9-6-5-7-10-20)24(19(3)26)25(22)30(27,28)23-13-11-18(2)12-14-23/h4-7,9-14,21-22,24H,1,8,15-17H2,2-3H3/t21-,22+,24-/m1/s1. The number of rotatable bonds is 9. The van der Waals surface area contributed by atoms with Gasteiger partial charge in [0.15, 0.2) is 0 Å². The lowest BCUT2D eigenvalue weighted by molar-refractivity contribution is -0.121. The molecule has 0 bridgehead atoms. The third-order valence-electron chi connectivity index (χ3n) is 5.55. The first-order valence-corrected chi connectivity index (χ1v) is 11.6. The van der Waals surface area contributed by atoms with E-state index in [1.807, 2.05) is 37.3 Å². The lowest BCUT2D eigenvalue weighted by Gasteiger charge is -2.29. The number of hydrogen-bond donors (Lipinski definition) is 0. The third kappa shape index (κ3) is 4.89. The molecule has 160 valence electrons. The van der Waals surface area contributed by atoms with Gasteiger partial charge in [-0.15, -0.1) is 6.58 Å². The molecular weight excluding hydrogens is 398 g/mol. The maximum absolute atomic E-state index is 13.5. The molecule has 1 aliphatic heterocycles. The highest BCUT2D eigenvalue weighted by molar-refractivity contribution is 7.89. The number of carbonyl (C=O) groups is 1. The van der Waals surface area contributed by atoms with Gasteiger partial charge in [-0.25, -0.2) is 8.42 Å². The molecular formula is C24H29NO4S. The Labute approximate surface area is 179 Å². The van der Waals surface area contributed by atoms with Crippen molar-refractivity contribution in [1.82, 2.24) is 4.31 Å². The van der Waals surface area contributed by atoms with Gasteiger partial charge in [0.25, 0.3) is 0 Å². The Morgan fingerprint density at radius 1 is 1.17 bits per heavy atom. The minimum atomic E-state index is -3.82. The van der Waals surface area contributed by atoms with Crippen molar-refractivity contribution < 1.29 is 17.9 Å². The van der Waals surface area contributed by atoms with Crippen LogP contribution in [0.1, 0.15) is 30.9 Å². The van der Waals surface area contributed by atoms with Crippen LogP contribution in [0.5, 0.6) is 0 Å². The van der Waals surface area contributed by atoms with Gasteiger partial charge in [-0.05, 0) is 44.4 Å². The maximum atomic E-state index is 13.5. The third-order valence-corrected chi connectivity index (χ3v) is 7.50. The van der Waals surface area contributed by atoms with Crippen LogP contribution in [-0.2, 0) is 26.2 Å². The summed E-state index contributed by atoms with van der Waals surface area (Å²) in [7, 11) is -3.82. The maximum Gasteiger partial charge on any atom is 0.244 e. The van der Waals surface area contributed by atoms with Gasteiger partial charge in [0.1, 0.15) is 5.78 Å². The van der Waals surface area contributed by atoms with Crippen molar-refractivity contribution in [2.24, 2.45) is 5.92 Å². The minimum absolute atomic E-state index is 0.162.